The molecule has 0 saturated heterocycles. The highest BCUT2D eigenvalue weighted by atomic mass is 32.2. The SMILES string of the molecule is CCOC(=O)CCSc1cc(Nc2ccccc2)ccc1NC(C)CC(C)C. The molecule has 0 bridgehead atoms. The number of rotatable bonds is 11. The average molecular weight is 401 g/mol. The maximum absolute atomic E-state index is 11.7. The molecular formula is C23H32N2O2S. The van der Waals surface area contributed by atoms with Gasteiger partial charge in [0.25, 0.3) is 0 Å². The molecule has 0 heterocycles. The molecule has 0 saturated carbocycles. The lowest BCUT2D eigenvalue weighted by atomic mass is 10.1. The van der Waals surface area contributed by atoms with Crippen LogP contribution < -0.4 is 10.6 Å². The van der Waals surface area contributed by atoms with E-state index < -0.39 is 0 Å². The molecule has 5 heteroatoms. The average Bonchev–Trinajstić information content (AvgIpc) is 2.64. The van der Waals surface area contributed by atoms with Gasteiger partial charge in [-0.15, -0.1) is 11.8 Å². The first-order valence-electron chi connectivity index (χ1n) is 9.99. The lowest BCUT2D eigenvalue weighted by Gasteiger charge is -2.20. The van der Waals surface area contributed by atoms with Crippen molar-refractivity contribution in [2.45, 2.75) is 51.5 Å². The monoisotopic (exact) mass is 400 g/mol. The summed E-state index contributed by atoms with van der Waals surface area (Å²) in [5.74, 6) is 1.19. The molecule has 2 aromatic rings. The molecule has 0 radical (unpaired) electrons. The second-order valence-corrected chi connectivity index (χ2v) is 8.42. The molecule has 1 atom stereocenters. The summed E-state index contributed by atoms with van der Waals surface area (Å²) in [6.07, 6.45) is 1.52. The molecule has 0 aliphatic carbocycles. The highest BCUT2D eigenvalue weighted by Crippen LogP contribution is 2.33. The number of carbonyl (C=O) groups is 1. The van der Waals surface area contributed by atoms with Crippen LogP contribution >= 0.6 is 11.8 Å². The lowest BCUT2D eigenvalue weighted by Crippen LogP contribution is -2.18. The topological polar surface area (TPSA) is 50.4 Å². The van der Waals surface area contributed by atoms with Gasteiger partial charge in [0.1, 0.15) is 0 Å². The van der Waals surface area contributed by atoms with E-state index in [0.717, 1.165) is 28.4 Å². The molecule has 0 spiro atoms. The summed E-state index contributed by atoms with van der Waals surface area (Å²) >= 11 is 1.68. The van der Waals surface area contributed by atoms with Gasteiger partial charge in [-0.1, -0.05) is 32.0 Å². The van der Waals surface area contributed by atoms with Crippen LogP contribution in [0, 0.1) is 5.92 Å². The third kappa shape index (κ3) is 7.85. The first-order chi connectivity index (χ1) is 13.5. The molecule has 2 rings (SSSR count). The van der Waals surface area contributed by atoms with E-state index in [0.29, 0.717) is 30.7 Å². The maximum atomic E-state index is 11.7. The second kappa shape index (κ2) is 11.6. The number of anilines is 3. The van der Waals surface area contributed by atoms with Crippen LogP contribution in [0.4, 0.5) is 17.1 Å². The highest BCUT2D eigenvalue weighted by molar-refractivity contribution is 7.99. The summed E-state index contributed by atoms with van der Waals surface area (Å²) in [6.45, 7) is 8.95. The van der Waals surface area contributed by atoms with E-state index in [-0.39, 0.29) is 5.97 Å². The molecular weight excluding hydrogens is 368 g/mol. The summed E-state index contributed by atoms with van der Waals surface area (Å²) in [5, 5.41) is 7.08. The molecule has 0 aliphatic heterocycles. The van der Waals surface area contributed by atoms with Crippen molar-refractivity contribution >= 4 is 34.8 Å². The van der Waals surface area contributed by atoms with Gasteiger partial charge in [0, 0.05) is 33.8 Å². The fourth-order valence-corrected chi connectivity index (χ4v) is 4.02. The normalized spacial score (nSPS) is 11.9. The Balaban J connectivity index is 2.11. The van der Waals surface area contributed by atoms with E-state index in [4.69, 9.17) is 4.74 Å². The van der Waals surface area contributed by atoms with Crippen molar-refractivity contribution in [1.82, 2.24) is 0 Å². The number of carbonyl (C=O) groups excluding carboxylic acids is 1. The number of hydrogen-bond donors (Lipinski definition) is 2. The number of hydrogen-bond acceptors (Lipinski definition) is 5. The van der Waals surface area contributed by atoms with Crippen LogP contribution in [0.1, 0.15) is 40.5 Å². The Hall–Kier alpha value is -2.14. The van der Waals surface area contributed by atoms with Crippen molar-refractivity contribution in [2.24, 2.45) is 5.92 Å². The summed E-state index contributed by atoms with van der Waals surface area (Å²) in [5.41, 5.74) is 3.20. The maximum Gasteiger partial charge on any atom is 0.306 e. The van der Waals surface area contributed by atoms with Gasteiger partial charge >= 0.3 is 5.97 Å². The van der Waals surface area contributed by atoms with Crippen molar-refractivity contribution in [3.63, 3.8) is 0 Å². The van der Waals surface area contributed by atoms with E-state index in [1.807, 2.05) is 37.3 Å². The van der Waals surface area contributed by atoms with Crippen molar-refractivity contribution < 1.29 is 9.53 Å². The standard InChI is InChI=1S/C23H32N2O2S/c1-5-27-23(26)13-14-28-22-16-20(25-19-9-7-6-8-10-19)11-12-21(22)24-18(4)15-17(2)3/h6-12,16-18,24-25H,5,13-15H2,1-4H3. The van der Waals surface area contributed by atoms with Gasteiger partial charge in [0.15, 0.2) is 0 Å². The molecule has 1 unspecified atom stereocenters. The zero-order valence-electron chi connectivity index (χ0n) is 17.3. The molecule has 0 amide bonds. The fraction of sp³-hybridized carbons (Fsp3) is 0.435. The molecule has 0 aliphatic rings. The largest absolute Gasteiger partial charge is 0.466 e. The van der Waals surface area contributed by atoms with Crippen LogP contribution in [0.5, 0.6) is 0 Å². The fourth-order valence-electron chi connectivity index (χ4n) is 3.04. The molecule has 2 N–H and O–H groups in total. The Labute approximate surface area is 173 Å². The molecule has 2 aromatic carbocycles. The number of esters is 1. The van der Waals surface area contributed by atoms with Gasteiger partial charge in [-0.25, -0.2) is 0 Å². The first-order valence-corrected chi connectivity index (χ1v) is 11.0. The third-order valence-electron chi connectivity index (χ3n) is 4.14. The minimum atomic E-state index is -0.142. The zero-order chi connectivity index (χ0) is 20.4. The van der Waals surface area contributed by atoms with Crippen LogP contribution in [-0.2, 0) is 9.53 Å². The number of ether oxygens (including phenoxy) is 1. The van der Waals surface area contributed by atoms with Crippen molar-refractivity contribution in [2.75, 3.05) is 23.0 Å². The Morgan fingerprint density at radius 3 is 2.50 bits per heavy atom. The molecule has 4 nitrogen and oxygen atoms in total. The van der Waals surface area contributed by atoms with Gasteiger partial charge < -0.3 is 15.4 Å². The predicted molar refractivity (Wildman–Crippen MR) is 121 cm³/mol. The highest BCUT2D eigenvalue weighted by Gasteiger charge is 2.11. The Kier molecular flexibility index (Phi) is 9.21. The predicted octanol–water partition coefficient (Wildman–Crippen LogP) is 6.32. The number of thioether (sulfide) groups is 1. The van der Waals surface area contributed by atoms with Crippen molar-refractivity contribution in [1.29, 1.82) is 0 Å². The van der Waals surface area contributed by atoms with Gasteiger partial charge in [-0.05, 0) is 56.5 Å². The van der Waals surface area contributed by atoms with Gasteiger partial charge in [-0.2, -0.15) is 0 Å². The minimum Gasteiger partial charge on any atom is -0.466 e. The minimum absolute atomic E-state index is 0.142. The smallest absolute Gasteiger partial charge is 0.306 e. The quantitative estimate of drug-likeness (QED) is 0.341. The Morgan fingerprint density at radius 2 is 1.82 bits per heavy atom. The first kappa shape index (κ1) is 22.2. The van der Waals surface area contributed by atoms with Gasteiger partial charge in [0.05, 0.1) is 13.0 Å². The Bertz CT molecular complexity index is 735. The van der Waals surface area contributed by atoms with Crippen molar-refractivity contribution in [3.8, 4) is 0 Å². The zero-order valence-corrected chi connectivity index (χ0v) is 18.1. The van der Waals surface area contributed by atoms with E-state index in [1.54, 1.807) is 11.8 Å². The summed E-state index contributed by atoms with van der Waals surface area (Å²) < 4.78 is 5.04. The van der Waals surface area contributed by atoms with Crippen LogP contribution in [0.25, 0.3) is 0 Å². The van der Waals surface area contributed by atoms with Crippen molar-refractivity contribution in [3.05, 3.63) is 48.5 Å². The molecule has 28 heavy (non-hydrogen) atoms. The molecule has 152 valence electrons. The van der Waals surface area contributed by atoms with Crippen LogP contribution in [0.3, 0.4) is 0 Å². The van der Waals surface area contributed by atoms with E-state index >= 15 is 0 Å². The van der Waals surface area contributed by atoms with Gasteiger partial charge in [0.2, 0.25) is 0 Å². The number of para-hydroxylation sites is 1. The summed E-state index contributed by atoms with van der Waals surface area (Å²) in [4.78, 5) is 12.8. The summed E-state index contributed by atoms with van der Waals surface area (Å²) in [6, 6.07) is 16.9. The second-order valence-electron chi connectivity index (χ2n) is 7.28. The number of benzene rings is 2. The van der Waals surface area contributed by atoms with Crippen LogP contribution in [-0.4, -0.2) is 24.4 Å². The van der Waals surface area contributed by atoms with E-state index in [9.17, 15) is 4.79 Å². The van der Waals surface area contributed by atoms with Crippen LogP contribution in [0.15, 0.2) is 53.4 Å². The van der Waals surface area contributed by atoms with E-state index in [1.165, 1.54) is 0 Å². The Morgan fingerprint density at radius 1 is 1.07 bits per heavy atom. The lowest BCUT2D eigenvalue weighted by molar-refractivity contribution is -0.142. The molecule has 0 aromatic heterocycles. The molecule has 0 fully saturated rings. The summed E-state index contributed by atoms with van der Waals surface area (Å²) in [7, 11) is 0. The third-order valence-corrected chi connectivity index (χ3v) is 5.20. The van der Waals surface area contributed by atoms with Gasteiger partial charge in [-0.3, -0.25) is 4.79 Å². The van der Waals surface area contributed by atoms with E-state index in [2.05, 4.69) is 49.6 Å². The number of nitrogens with one attached hydrogen (secondary N) is 2. The van der Waals surface area contributed by atoms with Crippen LogP contribution in [0.2, 0.25) is 0 Å².